The topological polar surface area (TPSA) is 78.3 Å². The lowest BCUT2D eigenvalue weighted by molar-refractivity contribution is 0.0991. The Bertz CT molecular complexity index is 327. The second-order valence-electron chi connectivity index (χ2n) is 3.83. The zero-order chi connectivity index (χ0) is 12.0. The highest BCUT2D eigenvalue weighted by Crippen LogP contribution is 2.07. The van der Waals surface area contributed by atoms with Crippen molar-refractivity contribution in [2.75, 3.05) is 0 Å². The van der Waals surface area contributed by atoms with Gasteiger partial charge in [0.15, 0.2) is 0 Å². The summed E-state index contributed by atoms with van der Waals surface area (Å²) >= 11 is 0. The summed E-state index contributed by atoms with van der Waals surface area (Å²) in [6, 6.07) is 9.86. The van der Waals surface area contributed by atoms with E-state index in [9.17, 15) is 4.79 Å². The average molecular weight is 222 g/mol. The number of primary amides is 1. The lowest BCUT2D eigenvalue weighted by Gasteiger charge is -2.19. The summed E-state index contributed by atoms with van der Waals surface area (Å²) in [7, 11) is 0. The number of hydrogen-bond donors (Lipinski definition) is 2. The first-order chi connectivity index (χ1) is 7.59. The molecule has 4 nitrogen and oxygen atoms in total. The van der Waals surface area contributed by atoms with E-state index in [1.165, 1.54) is 5.56 Å². The maximum absolute atomic E-state index is 10.5. The van der Waals surface area contributed by atoms with Crippen LogP contribution in [-0.4, -0.2) is 18.2 Å². The summed E-state index contributed by atoms with van der Waals surface area (Å²) in [5.74, 6) is 0. The second kappa shape index (κ2) is 6.12. The summed E-state index contributed by atoms with van der Waals surface area (Å²) in [4.78, 5) is 10.5. The van der Waals surface area contributed by atoms with Gasteiger partial charge in [-0.25, -0.2) is 4.79 Å². The Kier molecular flexibility index (Phi) is 4.79. The molecular formula is C12H18N2O2. The first kappa shape index (κ1) is 12.5. The maximum Gasteiger partial charge on any atom is 0.404 e. The average Bonchev–Trinajstić information content (AvgIpc) is 2.26. The Morgan fingerprint density at radius 1 is 1.38 bits per heavy atom. The number of carbonyl (C=O) groups excluding carboxylic acids is 1. The number of ether oxygens (including phenoxy) is 1. The van der Waals surface area contributed by atoms with E-state index in [1.54, 1.807) is 6.92 Å². The van der Waals surface area contributed by atoms with Crippen molar-refractivity contribution >= 4 is 6.09 Å². The molecule has 1 rings (SSSR count). The molecule has 0 saturated heterocycles. The van der Waals surface area contributed by atoms with Crippen LogP contribution in [0.1, 0.15) is 18.9 Å². The van der Waals surface area contributed by atoms with Gasteiger partial charge in [-0.05, 0) is 25.3 Å². The fourth-order valence-corrected chi connectivity index (χ4v) is 1.48. The highest BCUT2D eigenvalue weighted by Gasteiger charge is 2.15. The lowest BCUT2D eigenvalue weighted by atomic mass is 10.0. The number of aryl methyl sites for hydroxylation is 1. The molecule has 1 unspecified atom stereocenters. The Hall–Kier alpha value is -1.55. The Labute approximate surface area is 95.6 Å². The van der Waals surface area contributed by atoms with E-state index in [0.29, 0.717) is 0 Å². The van der Waals surface area contributed by atoms with Crippen LogP contribution in [0, 0.1) is 0 Å². The van der Waals surface area contributed by atoms with Crippen molar-refractivity contribution in [1.82, 2.24) is 0 Å². The van der Waals surface area contributed by atoms with E-state index >= 15 is 0 Å². The van der Waals surface area contributed by atoms with Gasteiger partial charge in [-0.15, -0.1) is 0 Å². The Balaban J connectivity index is 2.35. The van der Waals surface area contributed by atoms with Crippen LogP contribution >= 0.6 is 0 Å². The van der Waals surface area contributed by atoms with Crippen LogP contribution in [0.3, 0.4) is 0 Å². The van der Waals surface area contributed by atoms with E-state index in [4.69, 9.17) is 16.2 Å². The number of benzene rings is 1. The van der Waals surface area contributed by atoms with Gasteiger partial charge < -0.3 is 16.2 Å². The first-order valence-electron chi connectivity index (χ1n) is 5.35. The van der Waals surface area contributed by atoms with Crippen LogP contribution in [0.5, 0.6) is 0 Å². The summed E-state index contributed by atoms with van der Waals surface area (Å²) in [5.41, 5.74) is 12.0. The van der Waals surface area contributed by atoms with Gasteiger partial charge in [0.2, 0.25) is 0 Å². The van der Waals surface area contributed by atoms with Gasteiger partial charge in [-0.3, -0.25) is 0 Å². The van der Waals surface area contributed by atoms with Crippen molar-refractivity contribution in [3.63, 3.8) is 0 Å². The van der Waals surface area contributed by atoms with Crippen molar-refractivity contribution in [3.05, 3.63) is 35.9 Å². The molecule has 4 heteroatoms. The molecule has 1 aromatic carbocycles. The standard InChI is InChI=1S/C12H18N2O2/c1-9(16-12(14)15)11(13)8-7-10-5-3-2-4-6-10/h2-6,9,11H,7-8,13H2,1H3,(H2,14,15)/t9-,11?/m1/s1. The molecule has 2 atom stereocenters. The minimum absolute atomic E-state index is 0.187. The van der Waals surface area contributed by atoms with Crippen LogP contribution in [0.15, 0.2) is 30.3 Å². The fourth-order valence-electron chi connectivity index (χ4n) is 1.48. The number of hydrogen-bond acceptors (Lipinski definition) is 3. The van der Waals surface area contributed by atoms with Gasteiger partial charge >= 0.3 is 6.09 Å². The normalized spacial score (nSPS) is 14.1. The Morgan fingerprint density at radius 3 is 2.56 bits per heavy atom. The third-order valence-corrected chi connectivity index (χ3v) is 2.51. The highest BCUT2D eigenvalue weighted by molar-refractivity contribution is 5.64. The number of rotatable bonds is 5. The van der Waals surface area contributed by atoms with Crippen LogP contribution in [0.2, 0.25) is 0 Å². The third-order valence-electron chi connectivity index (χ3n) is 2.51. The van der Waals surface area contributed by atoms with E-state index in [2.05, 4.69) is 0 Å². The molecule has 0 aliphatic carbocycles. The monoisotopic (exact) mass is 222 g/mol. The molecule has 1 amide bonds. The maximum atomic E-state index is 10.5. The molecule has 1 aromatic rings. The molecule has 0 heterocycles. The molecule has 0 fully saturated rings. The molecule has 0 radical (unpaired) electrons. The van der Waals surface area contributed by atoms with Crippen LogP contribution < -0.4 is 11.5 Å². The minimum Gasteiger partial charge on any atom is -0.445 e. The molecule has 4 N–H and O–H groups in total. The van der Waals surface area contributed by atoms with Gasteiger partial charge in [-0.2, -0.15) is 0 Å². The summed E-state index contributed by atoms with van der Waals surface area (Å²) in [5, 5.41) is 0. The van der Waals surface area contributed by atoms with Crippen molar-refractivity contribution in [3.8, 4) is 0 Å². The smallest absolute Gasteiger partial charge is 0.404 e. The molecule has 16 heavy (non-hydrogen) atoms. The van der Waals surface area contributed by atoms with Crippen LogP contribution in [-0.2, 0) is 11.2 Å². The molecule has 0 bridgehead atoms. The third kappa shape index (κ3) is 4.31. The molecule has 0 aliphatic heterocycles. The van der Waals surface area contributed by atoms with E-state index < -0.39 is 6.09 Å². The van der Waals surface area contributed by atoms with Gasteiger partial charge in [0.1, 0.15) is 6.10 Å². The quantitative estimate of drug-likeness (QED) is 0.791. The number of carbonyl (C=O) groups is 1. The van der Waals surface area contributed by atoms with Crippen molar-refractivity contribution in [2.24, 2.45) is 11.5 Å². The van der Waals surface area contributed by atoms with Gasteiger partial charge in [0.25, 0.3) is 0 Å². The highest BCUT2D eigenvalue weighted by atomic mass is 16.6. The SMILES string of the molecule is C[C@@H](OC(N)=O)C(N)CCc1ccccc1. The number of nitrogens with two attached hydrogens (primary N) is 2. The van der Waals surface area contributed by atoms with Crippen molar-refractivity contribution in [2.45, 2.75) is 31.9 Å². The second-order valence-corrected chi connectivity index (χ2v) is 3.83. The number of amides is 1. The summed E-state index contributed by atoms with van der Waals surface area (Å²) in [6.45, 7) is 1.75. The fraction of sp³-hybridized carbons (Fsp3) is 0.417. The lowest BCUT2D eigenvalue weighted by Crippen LogP contribution is -2.37. The van der Waals surface area contributed by atoms with Crippen molar-refractivity contribution in [1.29, 1.82) is 0 Å². The summed E-state index contributed by atoms with van der Waals surface area (Å²) in [6.07, 6.45) is 0.510. The minimum atomic E-state index is -0.775. The van der Waals surface area contributed by atoms with Crippen molar-refractivity contribution < 1.29 is 9.53 Å². The largest absolute Gasteiger partial charge is 0.445 e. The molecule has 88 valence electrons. The van der Waals surface area contributed by atoms with E-state index in [0.717, 1.165) is 12.8 Å². The zero-order valence-electron chi connectivity index (χ0n) is 9.43. The van der Waals surface area contributed by atoms with E-state index in [-0.39, 0.29) is 12.1 Å². The predicted octanol–water partition coefficient (Wildman–Crippen LogP) is 1.43. The van der Waals surface area contributed by atoms with Gasteiger partial charge in [-0.1, -0.05) is 30.3 Å². The summed E-state index contributed by atoms with van der Waals surface area (Å²) < 4.78 is 4.81. The van der Waals surface area contributed by atoms with Crippen LogP contribution in [0.25, 0.3) is 0 Å². The molecule has 0 aliphatic rings. The Morgan fingerprint density at radius 2 is 2.00 bits per heavy atom. The molecule has 0 spiro atoms. The van der Waals surface area contributed by atoms with E-state index in [1.807, 2.05) is 30.3 Å². The van der Waals surface area contributed by atoms with Gasteiger partial charge in [0.05, 0.1) is 0 Å². The first-order valence-corrected chi connectivity index (χ1v) is 5.35. The zero-order valence-corrected chi connectivity index (χ0v) is 9.43. The molecular weight excluding hydrogens is 204 g/mol. The predicted molar refractivity (Wildman–Crippen MR) is 62.9 cm³/mol. The van der Waals surface area contributed by atoms with Crippen LogP contribution in [0.4, 0.5) is 4.79 Å². The van der Waals surface area contributed by atoms with Gasteiger partial charge in [0, 0.05) is 6.04 Å². The molecule has 0 saturated carbocycles. The molecule has 0 aromatic heterocycles.